The maximum Gasteiger partial charge on any atom is 0.445 e. The van der Waals surface area contributed by atoms with Crippen LogP contribution in [0.3, 0.4) is 0 Å². The number of halogens is 3. The molecule has 1 saturated carbocycles. The van der Waals surface area contributed by atoms with Crippen molar-refractivity contribution in [3.05, 3.63) is 51.2 Å². The predicted molar refractivity (Wildman–Crippen MR) is 147 cm³/mol. The molecule has 5 rings (SSSR count). The van der Waals surface area contributed by atoms with Crippen LogP contribution in [0, 0.1) is 13.1 Å². The van der Waals surface area contributed by atoms with E-state index in [0.29, 0.717) is 23.9 Å². The zero-order valence-electron chi connectivity index (χ0n) is 22.4. The minimum absolute atomic E-state index is 0.0302. The van der Waals surface area contributed by atoms with E-state index >= 15 is 0 Å². The Morgan fingerprint density at radius 1 is 1.14 bits per heavy atom. The van der Waals surface area contributed by atoms with Gasteiger partial charge in [-0.1, -0.05) is 11.3 Å². The molecule has 0 atom stereocenters. The standard InChI is InChI=1S/C24H23F3N8O4S3/c1-13(2)42(38,39)35-9-6-15(18(12-35)28-3)16-10-14(41(36,37)33-23(29-4)7-8-23)11-17-19(32-34(5)20(16)17)21-30-31-22(40-21)24(25,26)27/h10-11,13,33H,6-9,12H2,1-2,5H3. The van der Waals surface area contributed by atoms with Gasteiger partial charge in [0.05, 0.1) is 35.1 Å². The van der Waals surface area contributed by atoms with E-state index in [1.807, 2.05) is 0 Å². The third kappa shape index (κ3) is 5.18. The van der Waals surface area contributed by atoms with E-state index in [4.69, 9.17) is 13.1 Å². The summed E-state index contributed by atoms with van der Waals surface area (Å²) in [7, 11) is -6.49. The average Bonchev–Trinajstić information content (AvgIpc) is 3.34. The predicted octanol–water partition coefficient (Wildman–Crippen LogP) is 3.87. The molecule has 222 valence electrons. The van der Waals surface area contributed by atoms with Gasteiger partial charge in [0.2, 0.25) is 25.1 Å². The summed E-state index contributed by atoms with van der Waals surface area (Å²) in [5.41, 5.74) is -0.284. The molecular formula is C24H23F3N8O4S3. The highest BCUT2D eigenvalue weighted by molar-refractivity contribution is 7.89. The first-order valence-corrected chi connectivity index (χ1v) is 16.3. The van der Waals surface area contributed by atoms with Crippen LogP contribution in [0.25, 0.3) is 36.9 Å². The van der Waals surface area contributed by atoms with Crippen molar-refractivity contribution in [3.63, 3.8) is 0 Å². The molecular weight excluding hydrogens is 618 g/mol. The minimum atomic E-state index is -4.75. The molecule has 2 aliphatic rings. The van der Waals surface area contributed by atoms with Crippen LogP contribution >= 0.6 is 11.3 Å². The molecule has 0 amide bonds. The molecule has 12 nitrogen and oxygen atoms in total. The molecule has 3 heterocycles. The first-order chi connectivity index (χ1) is 19.5. The van der Waals surface area contributed by atoms with E-state index in [0.717, 1.165) is 0 Å². The molecule has 1 aliphatic heterocycles. The van der Waals surface area contributed by atoms with Gasteiger partial charge in [-0.3, -0.25) is 9.53 Å². The summed E-state index contributed by atoms with van der Waals surface area (Å²) >= 11 is 0.248. The maximum absolute atomic E-state index is 13.5. The zero-order valence-corrected chi connectivity index (χ0v) is 24.8. The van der Waals surface area contributed by atoms with Crippen LogP contribution in [0.15, 0.2) is 22.7 Å². The fraction of sp³-hybridized carbons (Fsp3) is 0.458. The molecule has 0 radical (unpaired) electrons. The Morgan fingerprint density at radius 3 is 2.38 bits per heavy atom. The number of hydrogen-bond donors (Lipinski definition) is 1. The number of aryl methyl sites for hydroxylation is 1. The highest BCUT2D eigenvalue weighted by Gasteiger charge is 2.54. The third-order valence-corrected chi connectivity index (χ3v) is 11.8. The Labute approximate surface area is 243 Å². The normalized spacial score (nSPS) is 17.9. The number of fused-ring (bicyclic) bond motifs is 1. The Hall–Kier alpha value is -3.42. The van der Waals surface area contributed by atoms with Gasteiger partial charge in [0.1, 0.15) is 5.69 Å². The van der Waals surface area contributed by atoms with Crippen LogP contribution in [0.2, 0.25) is 0 Å². The molecule has 3 aromatic rings. The van der Waals surface area contributed by atoms with Crippen molar-refractivity contribution < 1.29 is 30.0 Å². The number of hydrogen-bond acceptors (Lipinski definition) is 8. The monoisotopic (exact) mass is 640 g/mol. The van der Waals surface area contributed by atoms with Crippen LogP contribution in [-0.4, -0.2) is 65.1 Å². The lowest BCUT2D eigenvalue weighted by atomic mass is 9.95. The van der Waals surface area contributed by atoms with Crippen molar-refractivity contribution in [2.24, 2.45) is 7.05 Å². The van der Waals surface area contributed by atoms with E-state index in [9.17, 15) is 30.0 Å². The Kier molecular flexibility index (Phi) is 7.22. The zero-order chi connectivity index (χ0) is 30.8. The fourth-order valence-corrected chi connectivity index (χ4v) is 8.03. The van der Waals surface area contributed by atoms with Crippen molar-refractivity contribution >= 4 is 47.9 Å². The second-order valence-electron chi connectivity index (χ2n) is 10.2. The van der Waals surface area contributed by atoms with Crippen molar-refractivity contribution in [2.45, 2.75) is 55.1 Å². The van der Waals surface area contributed by atoms with Crippen LogP contribution in [0.1, 0.15) is 43.7 Å². The topological polar surface area (TPSA) is 136 Å². The molecule has 1 fully saturated rings. The Bertz CT molecular complexity index is 1940. The molecule has 1 aliphatic carbocycles. The number of rotatable bonds is 7. The van der Waals surface area contributed by atoms with E-state index in [1.165, 1.54) is 42.0 Å². The second-order valence-corrected chi connectivity index (χ2v) is 15.4. The summed E-state index contributed by atoms with van der Waals surface area (Å²) in [5, 5.41) is 9.25. The molecule has 0 saturated heterocycles. The lowest BCUT2D eigenvalue weighted by Crippen LogP contribution is -2.40. The van der Waals surface area contributed by atoms with Crippen LogP contribution in [0.5, 0.6) is 0 Å². The molecule has 0 unspecified atom stereocenters. The van der Waals surface area contributed by atoms with Crippen LogP contribution in [-0.2, 0) is 33.3 Å². The summed E-state index contributed by atoms with van der Waals surface area (Å²) < 4.78 is 97.5. The third-order valence-electron chi connectivity index (χ3n) is 7.06. The van der Waals surface area contributed by atoms with Gasteiger partial charge in [0.25, 0.3) is 5.66 Å². The van der Waals surface area contributed by atoms with Crippen molar-refractivity contribution in [1.82, 2.24) is 29.0 Å². The smallest absolute Gasteiger partial charge is 0.292 e. The molecule has 18 heteroatoms. The van der Waals surface area contributed by atoms with Crippen molar-refractivity contribution in [2.75, 3.05) is 13.1 Å². The highest BCUT2D eigenvalue weighted by atomic mass is 32.2. The van der Waals surface area contributed by atoms with Gasteiger partial charge >= 0.3 is 6.18 Å². The molecule has 1 aromatic carbocycles. The number of nitrogens with zero attached hydrogens (tertiary/aromatic N) is 7. The summed E-state index contributed by atoms with van der Waals surface area (Å²) in [6.45, 7) is 18.0. The van der Waals surface area contributed by atoms with Gasteiger partial charge in [0.15, 0.2) is 10.7 Å². The number of benzene rings is 1. The van der Waals surface area contributed by atoms with Gasteiger partial charge in [-0.2, -0.15) is 18.3 Å². The number of sulfonamides is 2. The molecule has 2 aromatic heterocycles. The number of nitrogens with one attached hydrogen (secondary N) is 1. The summed E-state index contributed by atoms with van der Waals surface area (Å²) in [5.74, 6) is 0. The lowest BCUT2D eigenvalue weighted by Gasteiger charge is -2.29. The van der Waals surface area contributed by atoms with Gasteiger partial charge in [-0.05, 0) is 43.5 Å². The lowest BCUT2D eigenvalue weighted by molar-refractivity contribution is -0.138. The Balaban J connectivity index is 1.75. The average molecular weight is 641 g/mol. The van der Waals surface area contributed by atoms with Gasteiger partial charge < -0.3 is 0 Å². The highest BCUT2D eigenvalue weighted by Crippen LogP contribution is 2.42. The van der Waals surface area contributed by atoms with Crippen LogP contribution < -0.4 is 4.72 Å². The molecule has 42 heavy (non-hydrogen) atoms. The van der Waals surface area contributed by atoms with E-state index < -0.39 is 42.1 Å². The first-order valence-electron chi connectivity index (χ1n) is 12.5. The molecule has 0 bridgehead atoms. The SMILES string of the molecule is [C-]#[N+]C1=C(c2cc(S(=O)(=O)NC3([N+]#[C-])CC3)cc3c(-c4nnc(C(F)(F)F)s4)nn(C)c23)CCN(S(=O)(=O)C(C)C)C1. The second kappa shape index (κ2) is 10.1. The minimum Gasteiger partial charge on any atom is -0.292 e. The van der Waals surface area contributed by atoms with Gasteiger partial charge in [0, 0.05) is 25.5 Å². The van der Waals surface area contributed by atoms with Crippen LogP contribution in [0.4, 0.5) is 13.2 Å². The van der Waals surface area contributed by atoms with Crippen molar-refractivity contribution in [1.29, 1.82) is 0 Å². The fourth-order valence-electron chi connectivity index (χ4n) is 4.66. The van der Waals surface area contributed by atoms with Crippen molar-refractivity contribution in [3.8, 4) is 10.7 Å². The van der Waals surface area contributed by atoms with E-state index in [-0.39, 0.29) is 63.1 Å². The van der Waals surface area contributed by atoms with E-state index in [1.54, 1.807) is 0 Å². The largest absolute Gasteiger partial charge is 0.445 e. The quantitative estimate of drug-likeness (QED) is 0.388. The number of aromatic nitrogens is 4. The summed E-state index contributed by atoms with van der Waals surface area (Å²) in [4.78, 5) is 6.68. The maximum atomic E-state index is 13.5. The Morgan fingerprint density at radius 2 is 1.83 bits per heavy atom. The summed E-state index contributed by atoms with van der Waals surface area (Å²) in [6.07, 6.45) is -4.04. The van der Waals surface area contributed by atoms with E-state index in [2.05, 4.69) is 29.7 Å². The number of alkyl halides is 3. The molecule has 1 N–H and O–H groups in total. The van der Waals surface area contributed by atoms with Gasteiger partial charge in [-0.25, -0.2) is 32.6 Å². The first kappa shape index (κ1) is 30.1. The summed E-state index contributed by atoms with van der Waals surface area (Å²) in [6, 6.07) is 2.57. The van der Waals surface area contributed by atoms with Gasteiger partial charge in [-0.15, -0.1) is 14.9 Å². The molecule has 0 spiro atoms.